The summed E-state index contributed by atoms with van der Waals surface area (Å²) in [6.07, 6.45) is 0.507. The zero-order chi connectivity index (χ0) is 10.7. The Morgan fingerprint density at radius 2 is 1.93 bits per heavy atom. The number of hydrogen-bond donors (Lipinski definition) is 5. The quantitative estimate of drug-likeness (QED) is 0.406. The van der Waals surface area contributed by atoms with Gasteiger partial charge in [-0.05, 0) is 0 Å². The molecule has 0 amide bonds. The van der Waals surface area contributed by atoms with Crippen molar-refractivity contribution in [3.63, 3.8) is 0 Å². The van der Waals surface area contributed by atoms with Crippen molar-refractivity contribution in [2.75, 3.05) is 18.0 Å². The molecular formula is C8H14N4O2. The molecule has 0 saturated heterocycles. The van der Waals surface area contributed by atoms with Crippen LogP contribution in [0.15, 0.2) is 12.4 Å². The van der Waals surface area contributed by atoms with E-state index in [2.05, 4.69) is 4.98 Å². The molecule has 6 heteroatoms. The van der Waals surface area contributed by atoms with Gasteiger partial charge in [0, 0.05) is 18.3 Å². The second-order valence-electron chi connectivity index (χ2n) is 2.98. The van der Waals surface area contributed by atoms with Crippen LogP contribution in [0.4, 0.5) is 11.4 Å². The number of hydrogen-bond acceptors (Lipinski definition) is 6. The topological polar surface area (TPSA) is 131 Å². The molecule has 0 aromatic carbocycles. The Bertz CT molecular complexity index is 318. The summed E-state index contributed by atoms with van der Waals surface area (Å²) >= 11 is 0. The monoisotopic (exact) mass is 198 g/mol. The third kappa shape index (κ3) is 1.92. The van der Waals surface area contributed by atoms with Crippen LogP contribution in [0.5, 0.6) is 0 Å². The number of nitrogens with two attached hydrogens (primary N) is 3. The standard InChI is InChI=1S/C8H14N4O2/c9-1-6(13)8(14)4-2-12-3-5(10)7(4)11/h2-3,6,8,13-14H,1,9-10H2,(H2,11,12). The van der Waals surface area contributed by atoms with Crippen molar-refractivity contribution < 1.29 is 10.2 Å². The van der Waals surface area contributed by atoms with Crippen LogP contribution in [0.3, 0.4) is 0 Å². The summed E-state index contributed by atoms with van der Waals surface area (Å²) < 4.78 is 0. The number of pyridine rings is 1. The number of rotatable bonds is 3. The van der Waals surface area contributed by atoms with Gasteiger partial charge in [0.25, 0.3) is 0 Å². The van der Waals surface area contributed by atoms with Crippen LogP contribution >= 0.6 is 0 Å². The molecule has 0 fully saturated rings. The van der Waals surface area contributed by atoms with Crippen LogP contribution in [-0.2, 0) is 0 Å². The summed E-state index contributed by atoms with van der Waals surface area (Å²) in [5.74, 6) is 0. The zero-order valence-corrected chi connectivity index (χ0v) is 7.59. The van der Waals surface area contributed by atoms with Crippen molar-refractivity contribution in [1.82, 2.24) is 4.98 Å². The van der Waals surface area contributed by atoms with Crippen LogP contribution in [0, 0.1) is 0 Å². The van der Waals surface area contributed by atoms with Crippen LogP contribution in [0.1, 0.15) is 11.7 Å². The second kappa shape index (κ2) is 4.23. The van der Waals surface area contributed by atoms with Crippen LogP contribution in [0.25, 0.3) is 0 Å². The van der Waals surface area contributed by atoms with E-state index in [1.54, 1.807) is 0 Å². The Morgan fingerprint density at radius 3 is 2.50 bits per heavy atom. The molecule has 78 valence electrons. The van der Waals surface area contributed by atoms with Gasteiger partial charge in [0.2, 0.25) is 0 Å². The molecule has 0 bridgehead atoms. The van der Waals surface area contributed by atoms with Crippen molar-refractivity contribution in [2.24, 2.45) is 5.73 Å². The van der Waals surface area contributed by atoms with Gasteiger partial charge in [0.05, 0.1) is 23.7 Å². The summed E-state index contributed by atoms with van der Waals surface area (Å²) in [6.45, 7) is -0.0601. The third-order valence-corrected chi connectivity index (χ3v) is 1.97. The zero-order valence-electron chi connectivity index (χ0n) is 7.59. The van der Waals surface area contributed by atoms with Crippen molar-refractivity contribution in [2.45, 2.75) is 12.2 Å². The molecule has 1 heterocycles. The van der Waals surface area contributed by atoms with Crippen molar-refractivity contribution in [3.05, 3.63) is 18.0 Å². The van der Waals surface area contributed by atoms with Gasteiger partial charge < -0.3 is 27.4 Å². The van der Waals surface area contributed by atoms with Gasteiger partial charge in [-0.15, -0.1) is 0 Å². The highest BCUT2D eigenvalue weighted by atomic mass is 16.3. The summed E-state index contributed by atoms with van der Waals surface area (Å²) in [6, 6.07) is 0. The first kappa shape index (κ1) is 10.7. The van der Waals surface area contributed by atoms with E-state index in [4.69, 9.17) is 17.2 Å². The number of anilines is 2. The molecule has 6 nitrogen and oxygen atoms in total. The summed E-state index contributed by atoms with van der Waals surface area (Å²) in [5.41, 5.74) is 17.1. The molecule has 0 saturated carbocycles. The number of nitrogens with zero attached hydrogens (tertiary/aromatic N) is 1. The van der Waals surface area contributed by atoms with Gasteiger partial charge in [-0.1, -0.05) is 0 Å². The van der Waals surface area contributed by atoms with E-state index in [1.165, 1.54) is 12.4 Å². The third-order valence-electron chi connectivity index (χ3n) is 1.97. The van der Waals surface area contributed by atoms with Crippen molar-refractivity contribution in [3.8, 4) is 0 Å². The Labute approximate surface area is 81.4 Å². The molecule has 8 N–H and O–H groups in total. The van der Waals surface area contributed by atoms with Gasteiger partial charge in [-0.2, -0.15) is 0 Å². The lowest BCUT2D eigenvalue weighted by Crippen LogP contribution is -2.28. The summed E-state index contributed by atoms with van der Waals surface area (Å²) in [7, 11) is 0. The molecule has 1 rings (SSSR count). The normalized spacial score (nSPS) is 15.1. The van der Waals surface area contributed by atoms with Crippen molar-refractivity contribution >= 4 is 11.4 Å². The van der Waals surface area contributed by atoms with Crippen molar-refractivity contribution in [1.29, 1.82) is 0 Å². The number of aromatic nitrogens is 1. The highest BCUT2D eigenvalue weighted by molar-refractivity contribution is 5.66. The smallest absolute Gasteiger partial charge is 0.110 e. The lowest BCUT2D eigenvalue weighted by atomic mass is 10.0. The number of aliphatic hydroxyl groups is 2. The minimum Gasteiger partial charge on any atom is -0.397 e. The molecule has 14 heavy (non-hydrogen) atoms. The fourth-order valence-corrected chi connectivity index (χ4v) is 1.08. The van der Waals surface area contributed by atoms with E-state index in [1.807, 2.05) is 0 Å². The number of aliphatic hydroxyl groups excluding tert-OH is 2. The Morgan fingerprint density at radius 1 is 1.29 bits per heavy atom. The molecule has 1 aromatic heterocycles. The molecule has 2 atom stereocenters. The lowest BCUT2D eigenvalue weighted by molar-refractivity contribution is 0.0246. The first-order valence-electron chi connectivity index (χ1n) is 4.13. The van der Waals surface area contributed by atoms with E-state index in [9.17, 15) is 10.2 Å². The van der Waals surface area contributed by atoms with Crippen LogP contribution in [-0.4, -0.2) is 27.8 Å². The van der Waals surface area contributed by atoms with E-state index in [0.717, 1.165) is 0 Å². The maximum atomic E-state index is 9.59. The molecule has 2 unspecified atom stereocenters. The Balaban J connectivity index is 3.01. The van der Waals surface area contributed by atoms with Gasteiger partial charge in [-0.25, -0.2) is 0 Å². The molecule has 0 aliphatic rings. The van der Waals surface area contributed by atoms with Gasteiger partial charge in [-0.3, -0.25) is 4.98 Å². The molecule has 0 spiro atoms. The van der Waals surface area contributed by atoms with E-state index in [0.29, 0.717) is 5.56 Å². The highest BCUT2D eigenvalue weighted by Crippen LogP contribution is 2.25. The fourth-order valence-electron chi connectivity index (χ4n) is 1.08. The predicted octanol–water partition coefficient (Wildman–Crippen LogP) is -1.40. The van der Waals surface area contributed by atoms with E-state index in [-0.39, 0.29) is 17.9 Å². The highest BCUT2D eigenvalue weighted by Gasteiger charge is 2.20. The van der Waals surface area contributed by atoms with E-state index < -0.39 is 12.2 Å². The largest absolute Gasteiger partial charge is 0.397 e. The maximum Gasteiger partial charge on any atom is 0.110 e. The Hall–Kier alpha value is -1.37. The minimum atomic E-state index is -1.16. The van der Waals surface area contributed by atoms with E-state index >= 15 is 0 Å². The molecule has 0 aliphatic heterocycles. The summed E-state index contributed by atoms with van der Waals surface area (Å²) in [5, 5.41) is 18.9. The van der Waals surface area contributed by atoms with Gasteiger partial charge in [0.15, 0.2) is 0 Å². The fraction of sp³-hybridized carbons (Fsp3) is 0.375. The predicted molar refractivity (Wildman–Crippen MR) is 53.1 cm³/mol. The average molecular weight is 198 g/mol. The first-order valence-corrected chi connectivity index (χ1v) is 4.13. The Kier molecular flexibility index (Phi) is 3.23. The SMILES string of the molecule is NCC(O)C(O)c1cncc(N)c1N. The van der Waals surface area contributed by atoms with Gasteiger partial charge >= 0.3 is 0 Å². The van der Waals surface area contributed by atoms with Gasteiger partial charge in [0.1, 0.15) is 6.10 Å². The first-order chi connectivity index (χ1) is 6.57. The number of nitrogen functional groups attached to an aromatic ring is 2. The minimum absolute atomic E-state index is 0.0601. The molecular weight excluding hydrogens is 184 g/mol. The maximum absolute atomic E-state index is 9.59. The summed E-state index contributed by atoms with van der Waals surface area (Å²) in [4.78, 5) is 3.77. The van der Waals surface area contributed by atoms with Crippen LogP contribution in [0.2, 0.25) is 0 Å². The average Bonchev–Trinajstić information content (AvgIpc) is 2.20. The second-order valence-corrected chi connectivity index (χ2v) is 2.98. The lowest BCUT2D eigenvalue weighted by Gasteiger charge is -2.18. The molecule has 0 radical (unpaired) electrons. The molecule has 1 aromatic rings. The molecule has 0 aliphatic carbocycles. The van der Waals surface area contributed by atoms with Crippen LogP contribution < -0.4 is 17.2 Å².